The van der Waals surface area contributed by atoms with Gasteiger partial charge < -0.3 is 9.30 Å². The Bertz CT molecular complexity index is 1340. The number of methoxy groups -OCH3 is 1. The first-order valence-electron chi connectivity index (χ1n) is 10.7. The Morgan fingerprint density at radius 1 is 1.18 bits per heavy atom. The van der Waals surface area contributed by atoms with E-state index < -0.39 is 0 Å². The highest BCUT2D eigenvalue weighted by Crippen LogP contribution is 2.36. The average Bonchev–Trinajstić information content (AvgIpc) is 3.43. The van der Waals surface area contributed by atoms with Crippen molar-refractivity contribution in [2.45, 2.75) is 32.2 Å². The molecule has 4 heterocycles. The van der Waals surface area contributed by atoms with Gasteiger partial charge in [0.25, 0.3) is 0 Å². The van der Waals surface area contributed by atoms with E-state index in [1.807, 2.05) is 52.7 Å². The minimum Gasteiger partial charge on any atom is -0.479 e. The van der Waals surface area contributed by atoms with Crippen molar-refractivity contribution in [3.8, 4) is 11.6 Å². The summed E-state index contributed by atoms with van der Waals surface area (Å²) in [5, 5.41) is 4.66. The molecule has 4 aromatic rings. The molecule has 1 aliphatic rings. The van der Waals surface area contributed by atoms with E-state index in [1.165, 1.54) is 12.1 Å². The molecule has 0 bridgehead atoms. The van der Waals surface area contributed by atoms with Crippen LogP contribution in [0.2, 0.25) is 0 Å². The highest BCUT2D eigenvalue weighted by Gasteiger charge is 2.27. The maximum Gasteiger partial charge on any atom is 0.238 e. The molecule has 1 atom stereocenters. The average molecular weight is 509 g/mol. The summed E-state index contributed by atoms with van der Waals surface area (Å²) in [5.41, 5.74) is 3.50. The normalized spacial score (nSPS) is 15.7. The lowest BCUT2D eigenvalue weighted by atomic mass is 9.91. The van der Waals surface area contributed by atoms with Crippen molar-refractivity contribution in [1.29, 1.82) is 0 Å². The van der Waals surface area contributed by atoms with Crippen LogP contribution in [0, 0.1) is 12.7 Å². The van der Waals surface area contributed by atoms with Gasteiger partial charge in [-0.2, -0.15) is 5.10 Å². The Labute approximate surface area is 199 Å². The Morgan fingerprint density at radius 2 is 2.06 bits per heavy atom. The molecular formula is C24H22BrFN6O. The number of ether oxygens (including phenoxy) is 1. The van der Waals surface area contributed by atoms with Gasteiger partial charge in [0.2, 0.25) is 5.88 Å². The summed E-state index contributed by atoms with van der Waals surface area (Å²) in [5.74, 6) is 1.82. The van der Waals surface area contributed by atoms with Crippen LogP contribution in [0.4, 0.5) is 4.39 Å². The number of imidazole rings is 1. The maximum absolute atomic E-state index is 13.6. The zero-order valence-corrected chi connectivity index (χ0v) is 19.8. The molecular weight excluding hydrogens is 487 g/mol. The van der Waals surface area contributed by atoms with Crippen molar-refractivity contribution in [1.82, 2.24) is 29.3 Å². The van der Waals surface area contributed by atoms with Gasteiger partial charge >= 0.3 is 0 Å². The van der Waals surface area contributed by atoms with Crippen molar-refractivity contribution < 1.29 is 9.13 Å². The van der Waals surface area contributed by atoms with Gasteiger partial charge in [-0.15, -0.1) is 0 Å². The van der Waals surface area contributed by atoms with Gasteiger partial charge in [-0.05, 0) is 61.7 Å². The van der Waals surface area contributed by atoms with Gasteiger partial charge in [0.05, 0.1) is 24.8 Å². The van der Waals surface area contributed by atoms with Crippen LogP contribution in [0.25, 0.3) is 17.8 Å². The molecule has 5 rings (SSSR count). The standard InChI is InChI=1S/C24H22BrFN6O/c1-15-13-31(14-27-15)21-9-6-17(28-24(21)33-2)7-10-22-29-23-19(4-3-11-32(23)30-22)18-8-5-16(26)12-20(18)25/h5-10,12-14,19H,3-4,11H2,1-2H3. The topological polar surface area (TPSA) is 70.7 Å². The lowest BCUT2D eigenvalue weighted by Crippen LogP contribution is -2.18. The predicted octanol–water partition coefficient (Wildman–Crippen LogP) is 5.17. The van der Waals surface area contributed by atoms with Gasteiger partial charge in [-0.1, -0.05) is 22.0 Å². The second-order valence-corrected chi connectivity index (χ2v) is 8.79. The Morgan fingerprint density at radius 3 is 2.82 bits per heavy atom. The number of fused-ring (bicyclic) bond motifs is 1. The Hall–Kier alpha value is -3.33. The smallest absolute Gasteiger partial charge is 0.238 e. The van der Waals surface area contributed by atoms with E-state index in [9.17, 15) is 4.39 Å². The second-order valence-electron chi connectivity index (χ2n) is 7.93. The molecule has 3 aromatic heterocycles. The molecule has 0 radical (unpaired) electrons. The van der Waals surface area contributed by atoms with E-state index in [0.717, 1.165) is 52.3 Å². The maximum atomic E-state index is 13.6. The summed E-state index contributed by atoms with van der Waals surface area (Å²) < 4.78 is 23.6. The zero-order valence-electron chi connectivity index (χ0n) is 18.2. The fourth-order valence-electron chi connectivity index (χ4n) is 4.12. The highest BCUT2D eigenvalue weighted by atomic mass is 79.9. The first kappa shape index (κ1) is 21.5. The lowest BCUT2D eigenvalue weighted by molar-refractivity contribution is 0.395. The molecule has 0 fully saturated rings. The molecule has 33 heavy (non-hydrogen) atoms. The summed E-state index contributed by atoms with van der Waals surface area (Å²) in [6, 6.07) is 8.67. The van der Waals surface area contributed by atoms with Crippen LogP contribution < -0.4 is 4.74 Å². The SMILES string of the molecule is COc1nc(C=Cc2nc3n(n2)CCCC3c2ccc(F)cc2Br)ccc1-n1cnc(C)c1. The first-order valence-corrected chi connectivity index (χ1v) is 11.4. The molecule has 0 amide bonds. The molecule has 7 nitrogen and oxygen atoms in total. The summed E-state index contributed by atoms with van der Waals surface area (Å²) in [4.78, 5) is 13.6. The van der Waals surface area contributed by atoms with Crippen molar-refractivity contribution in [2.24, 2.45) is 0 Å². The fourth-order valence-corrected chi connectivity index (χ4v) is 4.75. The van der Waals surface area contributed by atoms with Crippen LogP contribution in [-0.4, -0.2) is 36.4 Å². The number of aryl methyl sites for hydroxylation is 2. The molecule has 0 N–H and O–H groups in total. The molecule has 168 valence electrons. The quantitative estimate of drug-likeness (QED) is 0.371. The lowest BCUT2D eigenvalue weighted by Gasteiger charge is -2.23. The number of rotatable bonds is 5. The van der Waals surface area contributed by atoms with Crippen molar-refractivity contribution in [3.05, 3.63) is 81.7 Å². The number of hydrogen-bond donors (Lipinski definition) is 0. The molecule has 9 heteroatoms. The third-order valence-electron chi connectivity index (χ3n) is 5.68. The van der Waals surface area contributed by atoms with E-state index in [4.69, 9.17) is 9.72 Å². The summed E-state index contributed by atoms with van der Waals surface area (Å²) in [6.45, 7) is 2.75. The largest absolute Gasteiger partial charge is 0.479 e. The Balaban J connectivity index is 1.42. The van der Waals surface area contributed by atoms with Crippen molar-refractivity contribution >= 4 is 28.1 Å². The highest BCUT2D eigenvalue weighted by molar-refractivity contribution is 9.10. The van der Waals surface area contributed by atoms with Crippen LogP contribution in [0.15, 0.2) is 47.3 Å². The van der Waals surface area contributed by atoms with Gasteiger partial charge in [-0.25, -0.2) is 24.0 Å². The van der Waals surface area contributed by atoms with Crippen LogP contribution in [0.1, 0.15) is 47.4 Å². The minimum atomic E-state index is -0.261. The summed E-state index contributed by atoms with van der Waals surface area (Å²) in [7, 11) is 1.60. The van der Waals surface area contributed by atoms with Gasteiger partial charge in [-0.3, -0.25) is 0 Å². The second kappa shape index (κ2) is 8.90. The van der Waals surface area contributed by atoms with Gasteiger partial charge in [0.1, 0.15) is 17.3 Å². The molecule has 0 spiro atoms. The van der Waals surface area contributed by atoms with Crippen LogP contribution in [-0.2, 0) is 6.54 Å². The predicted molar refractivity (Wildman–Crippen MR) is 127 cm³/mol. The number of hydrogen-bond acceptors (Lipinski definition) is 5. The van der Waals surface area contributed by atoms with Gasteiger partial charge in [0, 0.05) is 23.1 Å². The van der Waals surface area contributed by atoms with Crippen LogP contribution in [0.5, 0.6) is 5.88 Å². The zero-order chi connectivity index (χ0) is 22.9. The van der Waals surface area contributed by atoms with Gasteiger partial charge in [0.15, 0.2) is 5.82 Å². The number of aromatic nitrogens is 6. The Kier molecular flexibility index (Phi) is 5.80. The van der Waals surface area contributed by atoms with Crippen molar-refractivity contribution in [2.75, 3.05) is 7.11 Å². The minimum absolute atomic E-state index is 0.0690. The van der Waals surface area contributed by atoms with Crippen molar-refractivity contribution in [3.63, 3.8) is 0 Å². The number of halogens is 2. The third-order valence-corrected chi connectivity index (χ3v) is 6.36. The molecule has 0 aliphatic carbocycles. The van der Waals surface area contributed by atoms with Crippen LogP contribution in [0.3, 0.4) is 0 Å². The monoisotopic (exact) mass is 508 g/mol. The molecule has 0 saturated heterocycles. The van der Waals surface area contributed by atoms with E-state index in [2.05, 4.69) is 31.0 Å². The van der Waals surface area contributed by atoms with Crippen LogP contribution >= 0.6 is 15.9 Å². The molecule has 1 aliphatic heterocycles. The summed E-state index contributed by atoms with van der Waals surface area (Å²) in [6.07, 6.45) is 9.31. The number of pyridine rings is 1. The van der Waals surface area contributed by atoms with E-state index in [1.54, 1.807) is 13.4 Å². The summed E-state index contributed by atoms with van der Waals surface area (Å²) >= 11 is 3.50. The number of benzene rings is 1. The van der Waals surface area contributed by atoms with E-state index >= 15 is 0 Å². The van der Waals surface area contributed by atoms with E-state index in [-0.39, 0.29) is 11.7 Å². The molecule has 0 saturated carbocycles. The van der Waals surface area contributed by atoms with E-state index in [0.29, 0.717) is 11.7 Å². The fraction of sp³-hybridized carbons (Fsp3) is 0.250. The molecule has 1 aromatic carbocycles. The molecule has 1 unspecified atom stereocenters. The first-order chi connectivity index (χ1) is 16.0. The third kappa shape index (κ3) is 4.32. The number of nitrogens with zero attached hydrogens (tertiary/aromatic N) is 6.